The Morgan fingerprint density at radius 1 is 1.25 bits per heavy atom. The van der Waals surface area contributed by atoms with Crippen molar-refractivity contribution in [2.75, 3.05) is 13.1 Å². The van der Waals surface area contributed by atoms with Crippen LogP contribution in [-0.4, -0.2) is 41.1 Å². The van der Waals surface area contributed by atoms with Crippen molar-refractivity contribution in [1.82, 2.24) is 4.90 Å². The SMILES string of the molecule is CC(=O)N1CCC(OC(C(=O)O)c2ccccc2)CC1. The minimum absolute atomic E-state index is 0.0568. The van der Waals surface area contributed by atoms with E-state index >= 15 is 0 Å². The molecule has 1 aromatic carbocycles. The van der Waals surface area contributed by atoms with Crippen LogP contribution in [0.3, 0.4) is 0 Å². The first kappa shape index (κ1) is 14.5. The average molecular weight is 277 g/mol. The number of hydrogen-bond donors (Lipinski definition) is 1. The van der Waals surface area contributed by atoms with Gasteiger partial charge in [0.1, 0.15) is 0 Å². The molecule has 20 heavy (non-hydrogen) atoms. The van der Waals surface area contributed by atoms with Crippen molar-refractivity contribution in [1.29, 1.82) is 0 Å². The molecule has 0 aliphatic carbocycles. The normalized spacial score (nSPS) is 17.8. The van der Waals surface area contributed by atoms with E-state index in [1.54, 1.807) is 36.1 Å². The Kier molecular flexibility index (Phi) is 4.74. The summed E-state index contributed by atoms with van der Waals surface area (Å²) in [5.74, 6) is -0.925. The van der Waals surface area contributed by atoms with E-state index in [1.807, 2.05) is 6.07 Å². The van der Waals surface area contributed by atoms with Crippen molar-refractivity contribution in [3.05, 3.63) is 35.9 Å². The van der Waals surface area contributed by atoms with E-state index in [4.69, 9.17) is 4.74 Å². The summed E-state index contributed by atoms with van der Waals surface area (Å²) in [5.41, 5.74) is 0.647. The van der Waals surface area contributed by atoms with Gasteiger partial charge in [0.2, 0.25) is 5.91 Å². The molecular formula is C15H19NO4. The predicted molar refractivity (Wildman–Crippen MR) is 73.2 cm³/mol. The van der Waals surface area contributed by atoms with Crippen molar-refractivity contribution in [3.63, 3.8) is 0 Å². The van der Waals surface area contributed by atoms with E-state index in [0.717, 1.165) is 0 Å². The van der Waals surface area contributed by atoms with Crippen LogP contribution >= 0.6 is 0 Å². The minimum atomic E-state index is -0.981. The lowest BCUT2D eigenvalue weighted by Gasteiger charge is -2.32. The topological polar surface area (TPSA) is 66.8 Å². The molecule has 1 aliphatic heterocycles. The van der Waals surface area contributed by atoms with Gasteiger partial charge in [0.25, 0.3) is 0 Å². The number of ether oxygens (including phenoxy) is 1. The van der Waals surface area contributed by atoms with E-state index in [1.165, 1.54) is 0 Å². The van der Waals surface area contributed by atoms with Crippen LogP contribution in [0, 0.1) is 0 Å². The molecule has 2 rings (SSSR count). The van der Waals surface area contributed by atoms with Gasteiger partial charge in [0, 0.05) is 20.0 Å². The molecule has 1 aliphatic rings. The number of carbonyl (C=O) groups is 2. The lowest BCUT2D eigenvalue weighted by molar-refractivity contribution is -0.158. The molecule has 108 valence electrons. The summed E-state index contributed by atoms with van der Waals surface area (Å²) in [6, 6.07) is 8.95. The van der Waals surface area contributed by atoms with Gasteiger partial charge < -0.3 is 14.7 Å². The first-order chi connectivity index (χ1) is 9.58. The number of amides is 1. The molecule has 5 heteroatoms. The third kappa shape index (κ3) is 3.57. The van der Waals surface area contributed by atoms with Gasteiger partial charge >= 0.3 is 5.97 Å². The Morgan fingerprint density at radius 2 is 1.85 bits per heavy atom. The van der Waals surface area contributed by atoms with Crippen molar-refractivity contribution < 1.29 is 19.4 Å². The highest BCUT2D eigenvalue weighted by Crippen LogP contribution is 2.24. The van der Waals surface area contributed by atoms with E-state index in [-0.39, 0.29) is 12.0 Å². The quantitative estimate of drug-likeness (QED) is 0.912. The highest BCUT2D eigenvalue weighted by molar-refractivity contribution is 5.74. The number of carboxylic acids is 1. The monoisotopic (exact) mass is 277 g/mol. The van der Waals surface area contributed by atoms with Gasteiger partial charge in [-0.2, -0.15) is 0 Å². The summed E-state index contributed by atoms with van der Waals surface area (Å²) in [6.45, 7) is 2.80. The van der Waals surface area contributed by atoms with Gasteiger partial charge in [-0.05, 0) is 18.4 Å². The van der Waals surface area contributed by atoms with E-state index in [0.29, 0.717) is 31.5 Å². The molecule has 0 radical (unpaired) electrons. The maximum Gasteiger partial charge on any atom is 0.337 e. The zero-order valence-electron chi connectivity index (χ0n) is 11.5. The standard InChI is InChI=1S/C15H19NO4/c1-11(17)16-9-7-13(8-10-16)20-14(15(18)19)12-5-3-2-4-6-12/h2-6,13-14H,7-10H2,1H3,(H,18,19). The Morgan fingerprint density at radius 3 is 2.35 bits per heavy atom. The van der Waals surface area contributed by atoms with Gasteiger partial charge in [-0.1, -0.05) is 30.3 Å². The number of carboxylic acid groups (broad SMARTS) is 1. The summed E-state index contributed by atoms with van der Waals surface area (Å²) < 4.78 is 5.73. The molecule has 1 unspecified atom stereocenters. The van der Waals surface area contributed by atoms with Crippen LogP contribution in [0.1, 0.15) is 31.4 Å². The fourth-order valence-electron chi connectivity index (χ4n) is 2.41. The molecule has 1 N–H and O–H groups in total. The molecule has 0 aromatic heterocycles. The molecule has 0 bridgehead atoms. The number of hydrogen-bond acceptors (Lipinski definition) is 3. The van der Waals surface area contributed by atoms with Gasteiger partial charge in [-0.3, -0.25) is 4.79 Å². The van der Waals surface area contributed by atoms with E-state index in [2.05, 4.69) is 0 Å². The molecule has 0 spiro atoms. The lowest BCUT2D eigenvalue weighted by atomic mass is 10.1. The minimum Gasteiger partial charge on any atom is -0.479 e. The van der Waals surface area contributed by atoms with Crippen LogP contribution in [0.25, 0.3) is 0 Å². The number of likely N-dealkylation sites (tertiary alicyclic amines) is 1. The highest BCUT2D eigenvalue weighted by atomic mass is 16.5. The average Bonchev–Trinajstić information content (AvgIpc) is 2.46. The van der Waals surface area contributed by atoms with Gasteiger partial charge in [-0.25, -0.2) is 4.79 Å². The molecule has 1 fully saturated rings. The van der Waals surface area contributed by atoms with Crippen molar-refractivity contribution in [3.8, 4) is 0 Å². The second-order valence-electron chi connectivity index (χ2n) is 4.97. The number of aliphatic carboxylic acids is 1. The first-order valence-corrected chi connectivity index (χ1v) is 6.76. The van der Waals surface area contributed by atoms with Crippen LogP contribution in [-0.2, 0) is 14.3 Å². The Hall–Kier alpha value is -1.88. The van der Waals surface area contributed by atoms with E-state index in [9.17, 15) is 14.7 Å². The molecule has 1 atom stereocenters. The van der Waals surface area contributed by atoms with Gasteiger partial charge in [0.05, 0.1) is 6.10 Å². The third-order valence-corrected chi connectivity index (χ3v) is 3.54. The molecular weight excluding hydrogens is 258 g/mol. The van der Waals surface area contributed by atoms with Crippen LogP contribution in [0.2, 0.25) is 0 Å². The summed E-state index contributed by atoms with van der Waals surface area (Å²) in [4.78, 5) is 24.4. The zero-order chi connectivity index (χ0) is 14.5. The summed E-state index contributed by atoms with van der Waals surface area (Å²) in [5, 5.41) is 9.31. The number of piperidine rings is 1. The molecule has 1 saturated heterocycles. The molecule has 1 amide bonds. The van der Waals surface area contributed by atoms with Gasteiger partial charge in [0.15, 0.2) is 6.10 Å². The largest absolute Gasteiger partial charge is 0.479 e. The smallest absolute Gasteiger partial charge is 0.337 e. The van der Waals surface area contributed by atoms with Crippen LogP contribution in [0.4, 0.5) is 0 Å². The number of carbonyl (C=O) groups excluding carboxylic acids is 1. The zero-order valence-corrected chi connectivity index (χ0v) is 11.5. The molecule has 0 saturated carbocycles. The molecule has 5 nitrogen and oxygen atoms in total. The second-order valence-corrected chi connectivity index (χ2v) is 4.97. The van der Waals surface area contributed by atoms with Crippen molar-refractivity contribution in [2.45, 2.75) is 32.0 Å². The molecule has 1 aromatic rings. The summed E-state index contributed by atoms with van der Waals surface area (Å²) >= 11 is 0. The second kappa shape index (κ2) is 6.52. The lowest BCUT2D eigenvalue weighted by Crippen LogP contribution is -2.40. The van der Waals surface area contributed by atoms with Crippen LogP contribution in [0.15, 0.2) is 30.3 Å². The Balaban J connectivity index is 1.97. The third-order valence-electron chi connectivity index (χ3n) is 3.54. The maximum atomic E-state index is 11.4. The first-order valence-electron chi connectivity index (χ1n) is 6.76. The fourth-order valence-corrected chi connectivity index (χ4v) is 2.41. The van der Waals surface area contributed by atoms with Crippen LogP contribution < -0.4 is 0 Å². The number of nitrogens with zero attached hydrogens (tertiary/aromatic N) is 1. The highest BCUT2D eigenvalue weighted by Gasteiger charge is 2.28. The van der Waals surface area contributed by atoms with E-state index < -0.39 is 12.1 Å². The molecule has 1 heterocycles. The Bertz CT molecular complexity index is 466. The fraction of sp³-hybridized carbons (Fsp3) is 0.467. The number of rotatable bonds is 4. The Labute approximate surface area is 118 Å². The van der Waals surface area contributed by atoms with Crippen molar-refractivity contribution in [2.24, 2.45) is 0 Å². The van der Waals surface area contributed by atoms with Crippen molar-refractivity contribution >= 4 is 11.9 Å². The van der Waals surface area contributed by atoms with Gasteiger partial charge in [-0.15, -0.1) is 0 Å². The number of benzene rings is 1. The summed E-state index contributed by atoms with van der Waals surface area (Å²) in [6.07, 6.45) is 0.295. The van der Waals surface area contributed by atoms with Crippen LogP contribution in [0.5, 0.6) is 0 Å². The maximum absolute atomic E-state index is 11.4. The predicted octanol–water partition coefficient (Wildman–Crippen LogP) is 1.84. The summed E-state index contributed by atoms with van der Waals surface area (Å²) in [7, 11) is 0.